The Morgan fingerprint density at radius 1 is 1.36 bits per heavy atom. The molecule has 1 heterocycles. The summed E-state index contributed by atoms with van der Waals surface area (Å²) in [5, 5.41) is 0. The summed E-state index contributed by atoms with van der Waals surface area (Å²) in [6, 6.07) is 3.61. The van der Waals surface area contributed by atoms with Crippen molar-refractivity contribution >= 4 is 10.0 Å². The molecule has 1 aromatic rings. The van der Waals surface area contributed by atoms with E-state index in [1.165, 1.54) is 0 Å². The van der Waals surface area contributed by atoms with Crippen LogP contribution < -0.4 is 4.72 Å². The van der Waals surface area contributed by atoms with Crippen LogP contribution in [0.25, 0.3) is 0 Å². The first-order valence-corrected chi connectivity index (χ1v) is 6.20. The van der Waals surface area contributed by atoms with Crippen molar-refractivity contribution in [1.29, 1.82) is 0 Å². The molecule has 0 saturated heterocycles. The summed E-state index contributed by atoms with van der Waals surface area (Å²) in [5.74, 6) is 0.0476. The maximum Gasteiger partial charge on any atom is 0.216 e. The maximum absolute atomic E-state index is 11.5. The predicted molar refractivity (Wildman–Crippen MR) is 53.0 cm³/mol. The maximum atomic E-state index is 11.5. The number of aromatic nitrogens is 1. The van der Waals surface area contributed by atoms with E-state index in [1.54, 1.807) is 24.5 Å². The first-order valence-electron chi connectivity index (χ1n) is 4.55. The highest BCUT2D eigenvalue weighted by molar-refractivity contribution is 7.88. The Bertz CT molecular complexity index is 398. The van der Waals surface area contributed by atoms with Crippen LogP contribution in [0.5, 0.6) is 0 Å². The van der Waals surface area contributed by atoms with Crippen molar-refractivity contribution in [2.24, 2.45) is 0 Å². The van der Waals surface area contributed by atoms with Crippen LogP contribution in [-0.2, 0) is 15.8 Å². The van der Waals surface area contributed by atoms with Crippen LogP contribution in [0, 0.1) is 0 Å². The molecule has 0 aliphatic heterocycles. The van der Waals surface area contributed by atoms with E-state index in [-0.39, 0.29) is 11.8 Å². The third kappa shape index (κ3) is 2.78. The Labute approximate surface area is 83.4 Å². The first kappa shape index (κ1) is 9.61. The van der Waals surface area contributed by atoms with Crippen molar-refractivity contribution in [2.75, 3.05) is 0 Å². The molecular weight excluding hydrogens is 200 g/mol. The van der Waals surface area contributed by atoms with Crippen molar-refractivity contribution in [2.45, 2.75) is 24.6 Å². The molecule has 0 atom stereocenters. The van der Waals surface area contributed by atoms with Gasteiger partial charge in [-0.15, -0.1) is 0 Å². The molecule has 0 radical (unpaired) electrons. The zero-order chi connectivity index (χ0) is 10.0. The van der Waals surface area contributed by atoms with Crippen LogP contribution in [0.4, 0.5) is 0 Å². The minimum absolute atomic E-state index is 0.0476. The number of hydrogen-bond donors (Lipinski definition) is 1. The van der Waals surface area contributed by atoms with Gasteiger partial charge in [-0.05, 0) is 30.5 Å². The first-order chi connectivity index (χ1) is 6.66. The summed E-state index contributed by atoms with van der Waals surface area (Å²) in [6.07, 6.45) is 5.13. The second-order valence-corrected chi connectivity index (χ2v) is 5.26. The van der Waals surface area contributed by atoms with E-state index < -0.39 is 10.0 Å². The van der Waals surface area contributed by atoms with E-state index in [9.17, 15) is 8.42 Å². The lowest BCUT2D eigenvalue weighted by Gasteiger charge is -2.04. The molecule has 0 bridgehead atoms. The van der Waals surface area contributed by atoms with Crippen LogP contribution in [-0.4, -0.2) is 19.4 Å². The molecule has 1 aliphatic rings. The highest BCUT2D eigenvalue weighted by Crippen LogP contribution is 2.20. The van der Waals surface area contributed by atoms with Gasteiger partial charge < -0.3 is 0 Å². The largest absolute Gasteiger partial charge is 0.265 e. The van der Waals surface area contributed by atoms with Gasteiger partial charge in [0.1, 0.15) is 0 Å². The van der Waals surface area contributed by atoms with E-state index in [4.69, 9.17) is 0 Å². The molecule has 1 aliphatic carbocycles. The van der Waals surface area contributed by atoms with Crippen molar-refractivity contribution < 1.29 is 8.42 Å². The van der Waals surface area contributed by atoms with Crippen molar-refractivity contribution in [3.63, 3.8) is 0 Å². The number of nitrogens with one attached hydrogen (secondary N) is 1. The summed E-state index contributed by atoms with van der Waals surface area (Å²) < 4.78 is 25.7. The van der Waals surface area contributed by atoms with Gasteiger partial charge in [-0.25, -0.2) is 13.1 Å². The standard InChI is InChI=1S/C9H12N2O2S/c12-14(13,11-9-1-2-9)7-8-3-5-10-6-4-8/h3-6,9,11H,1-2,7H2. The highest BCUT2D eigenvalue weighted by Gasteiger charge is 2.26. The summed E-state index contributed by atoms with van der Waals surface area (Å²) >= 11 is 0. The fourth-order valence-corrected chi connectivity index (χ4v) is 2.65. The average molecular weight is 212 g/mol. The van der Waals surface area contributed by atoms with Gasteiger partial charge in [-0.1, -0.05) is 0 Å². The zero-order valence-electron chi connectivity index (χ0n) is 7.68. The number of hydrogen-bond acceptors (Lipinski definition) is 3. The topological polar surface area (TPSA) is 59.1 Å². The van der Waals surface area contributed by atoms with Gasteiger partial charge in [0.25, 0.3) is 0 Å². The molecule has 0 aromatic carbocycles. The molecule has 2 rings (SSSR count). The number of sulfonamides is 1. The number of rotatable bonds is 4. The molecule has 1 N–H and O–H groups in total. The van der Waals surface area contributed by atoms with Crippen LogP contribution in [0.3, 0.4) is 0 Å². The quantitative estimate of drug-likeness (QED) is 0.797. The van der Waals surface area contributed by atoms with Crippen LogP contribution in [0.1, 0.15) is 18.4 Å². The molecule has 0 amide bonds. The fraction of sp³-hybridized carbons (Fsp3) is 0.444. The van der Waals surface area contributed by atoms with Crippen LogP contribution >= 0.6 is 0 Å². The van der Waals surface area contributed by atoms with E-state index in [2.05, 4.69) is 9.71 Å². The summed E-state index contributed by atoms with van der Waals surface area (Å²) in [4.78, 5) is 3.83. The Morgan fingerprint density at radius 3 is 2.57 bits per heavy atom. The molecule has 0 unspecified atom stereocenters. The van der Waals surface area contributed by atoms with Crippen LogP contribution in [0.15, 0.2) is 24.5 Å². The Kier molecular flexibility index (Phi) is 2.52. The van der Waals surface area contributed by atoms with Crippen molar-refractivity contribution in [1.82, 2.24) is 9.71 Å². The second-order valence-electron chi connectivity index (χ2n) is 3.51. The predicted octanol–water partition coefficient (Wildman–Crippen LogP) is 0.663. The highest BCUT2D eigenvalue weighted by atomic mass is 32.2. The van der Waals surface area contributed by atoms with E-state index >= 15 is 0 Å². The summed E-state index contributed by atoms with van der Waals surface area (Å²) in [6.45, 7) is 0. The molecule has 4 nitrogen and oxygen atoms in total. The van der Waals surface area contributed by atoms with Gasteiger partial charge in [0.05, 0.1) is 5.75 Å². The summed E-state index contributed by atoms with van der Waals surface area (Å²) in [5.41, 5.74) is 0.771. The summed E-state index contributed by atoms with van der Waals surface area (Å²) in [7, 11) is -3.15. The van der Waals surface area contributed by atoms with Crippen molar-refractivity contribution in [3.8, 4) is 0 Å². The average Bonchev–Trinajstić information content (AvgIpc) is 2.88. The molecule has 1 saturated carbocycles. The Morgan fingerprint density at radius 2 is 2.00 bits per heavy atom. The molecule has 14 heavy (non-hydrogen) atoms. The molecule has 5 heteroatoms. The van der Waals surface area contributed by atoms with Gasteiger partial charge in [0.15, 0.2) is 0 Å². The third-order valence-electron chi connectivity index (χ3n) is 2.03. The van der Waals surface area contributed by atoms with E-state index in [0.29, 0.717) is 0 Å². The smallest absolute Gasteiger partial charge is 0.216 e. The Hall–Kier alpha value is -0.940. The molecule has 76 valence electrons. The fourth-order valence-electron chi connectivity index (χ4n) is 1.20. The second kappa shape index (κ2) is 3.67. The normalized spacial score (nSPS) is 16.9. The Balaban J connectivity index is 2.02. The van der Waals surface area contributed by atoms with Gasteiger partial charge in [0.2, 0.25) is 10.0 Å². The zero-order valence-corrected chi connectivity index (χ0v) is 8.50. The minimum atomic E-state index is -3.15. The number of nitrogens with zero attached hydrogens (tertiary/aromatic N) is 1. The molecule has 1 aromatic heterocycles. The SMILES string of the molecule is O=S(=O)(Cc1ccncc1)NC1CC1. The van der Waals surface area contributed by atoms with Gasteiger partial charge >= 0.3 is 0 Å². The number of pyridine rings is 1. The van der Waals surface area contributed by atoms with Gasteiger partial charge in [-0.2, -0.15) is 0 Å². The monoisotopic (exact) mass is 212 g/mol. The molecule has 0 spiro atoms. The lowest BCUT2D eigenvalue weighted by Crippen LogP contribution is -2.27. The van der Waals surface area contributed by atoms with Crippen molar-refractivity contribution in [3.05, 3.63) is 30.1 Å². The third-order valence-corrected chi connectivity index (χ3v) is 3.44. The van der Waals surface area contributed by atoms with E-state index in [0.717, 1.165) is 18.4 Å². The molecular formula is C9H12N2O2S. The van der Waals surface area contributed by atoms with Crippen LogP contribution in [0.2, 0.25) is 0 Å². The molecule has 1 fully saturated rings. The minimum Gasteiger partial charge on any atom is -0.265 e. The lowest BCUT2D eigenvalue weighted by molar-refractivity contribution is 0.580. The lowest BCUT2D eigenvalue weighted by atomic mass is 10.3. The van der Waals surface area contributed by atoms with Gasteiger partial charge in [-0.3, -0.25) is 4.98 Å². The van der Waals surface area contributed by atoms with Gasteiger partial charge in [0, 0.05) is 18.4 Å². The van der Waals surface area contributed by atoms with E-state index in [1.807, 2.05) is 0 Å².